The van der Waals surface area contributed by atoms with E-state index in [9.17, 15) is 24.0 Å². The van der Waals surface area contributed by atoms with Gasteiger partial charge in [-0.25, -0.2) is 9.69 Å². The topological polar surface area (TPSA) is 134 Å². The van der Waals surface area contributed by atoms with Crippen LogP contribution >= 0.6 is 11.6 Å². The molecule has 1 aliphatic carbocycles. The maximum Gasteiger partial charge on any atom is 0.330 e. The Morgan fingerprint density at radius 3 is 1.86 bits per heavy atom. The van der Waals surface area contributed by atoms with E-state index in [4.69, 9.17) is 21.1 Å². The molecule has 50 heavy (non-hydrogen) atoms. The number of carbonyl (C=O) groups excluding carboxylic acids is 5. The van der Waals surface area contributed by atoms with Crippen LogP contribution in [0.5, 0.6) is 5.75 Å². The van der Waals surface area contributed by atoms with Gasteiger partial charge in [0.25, 0.3) is 11.8 Å². The van der Waals surface area contributed by atoms with Crippen LogP contribution in [0.15, 0.2) is 12.1 Å². The minimum absolute atomic E-state index is 0.151. The van der Waals surface area contributed by atoms with Crippen LogP contribution < -0.4 is 15.4 Å². The molecule has 12 heteroatoms. The van der Waals surface area contributed by atoms with Gasteiger partial charge in [0.2, 0.25) is 12.1 Å². The molecule has 1 saturated heterocycles. The summed E-state index contributed by atoms with van der Waals surface area (Å²) in [4.78, 5) is 68.4. The van der Waals surface area contributed by atoms with Gasteiger partial charge in [-0.1, -0.05) is 123 Å². The van der Waals surface area contributed by atoms with E-state index in [1.807, 2.05) is 0 Å². The summed E-state index contributed by atoms with van der Waals surface area (Å²) in [7, 11) is 2.65. The minimum Gasteiger partial charge on any atom is -0.491 e. The number of halogens is 1. The molecular formula is C38H59ClN4O7. The number of Topliss-reactive ketones (excluding diaryl/α,β-unsaturated/α-hetero) is 1. The van der Waals surface area contributed by atoms with Gasteiger partial charge in [-0.2, -0.15) is 0 Å². The maximum absolute atomic E-state index is 14.0. The van der Waals surface area contributed by atoms with Crippen LogP contribution in [-0.2, 0) is 23.9 Å². The van der Waals surface area contributed by atoms with Crippen LogP contribution in [0.4, 0.5) is 16.2 Å². The highest BCUT2D eigenvalue weighted by Crippen LogP contribution is 2.47. The standard InChI is InChI=1S/C38H59ClN4O7/c1-7-8-9-10-11-12-13-14-15-16-17-18-19-20-23-50-30-24-27(39)28(40-33(45)26(2)3)25-29(30)41-34(46)31(32(44)38(4)21-22-38)43-35(47)36(49-6)42(5)37(43)48/h24-26,31,36H,7-23H2,1-6H3,(H,40,45)(H,41,46). The summed E-state index contributed by atoms with van der Waals surface area (Å²) in [5.74, 6) is -2.58. The fourth-order valence-electron chi connectivity index (χ4n) is 6.09. The number of nitrogens with one attached hydrogen (secondary N) is 2. The summed E-state index contributed by atoms with van der Waals surface area (Å²) in [6.07, 6.45) is 17.1. The fraction of sp³-hybridized carbons (Fsp3) is 0.711. The third-order valence-corrected chi connectivity index (χ3v) is 10.1. The molecule has 5 amide bonds. The molecule has 0 radical (unpaired) electrons. The average Bonchev–Trinajstić information content (AvgIpc) is 3.80. The Morgan fingerprint density at radius 2 is 1.38 bits per heavy atom. The van der Waals surface area contributed by atoms with Crippen LogP contribution in [-0.4, -0.2) is 72.4 Å². The summed E-state index contributed by atoms with van der Waals surface area (Å²) < 4.78 is 11.3. The monoisotopic (exact) mass is 718 g/mol. The highest BCUT2D eigenvalue weighted by atomic mass is 35.5. The quantitative estimate of drug-likeness (QED) is 0.0623. The van der Waals surface area contributed by atoms with Gasteiger partial charge < -0.3 is 20.1 Å². The Morgan fingerprint density at radius 1 is 0.860 bits per heavy atom. The molecule has 0 spiro atoms. The van der Waals surface area contributed by atoms with Gasteiger partial charge in [-0.3, -0.25) is 24.1 Å². The number of likely N-dealkylation sites (N-methyl/N-ethyl adjacent to an activating group) is 1. The van der Waals surface area contributed by atoms with Gasteiger partial charge in [-0.15, -0.1) is 0 Å². The molecule has 280 valence electrons. The summed E-state index contributed by atoms with van der Waals surface area (Å²) >= 11 is 6.55. The summed E-state index contributed by atoms with van der Waals surface area (Å²) in [6.45, 7) is 7.80. The van der Waals surface area contributed by atoms with Gasteiger partial charge in [0.05, 0.1) is 23.0 Å². The first kappa shape index (κ1) is 41.2. The number of ketones is 1. The predicted molar refractivity (Wildman–Crippen MR) is 196 cm³/mol. The Balaban J connectivity index is 1.65. The molecule has 2 aliphatic rings. The number of rotatable bonds is 24. The molecule has 1 aromatic carbocycles. The van der Waals surface area contributed by atoms with Crippen LogP contribution in [0.25, 0.3) is 0 Å². The highest BCUT2D eigenvalue weighted by molar-refractivity contribution is 6.34. The van der Waals surface area contributed by atoms with Crippen LogP contribution in [0, 0.1) is 11.3 Å². The van der Waals surface area contributed by atoms with Crippen molar-refractivity contribution in [3.05, 3.63) is 17.2 Å². The number of imide groups is 1. The number of nitrogens with zero attached hydrogens (tertiary/aromatic N) is 2. The number of hydrogen-bond acceptors (Lipinski definition) is 7. The molecule has 1 aliphatic heterocycles. The number of urea groups is 1. The maximum atomic E-state index is 14.0. The molecule has 3 rings (SSSR count). The van der Waals surface area contributed by atoms with Gasteiger partial charge in [0.1, 0.15) is 5.75 Å². The lowest BCUT2D eigenvalue weighted by Gasteiger charge is -2.26. The number of unbranched alkanes of at least 4 members (excludes halogenated alkanes) is 13. The lowest BCUT2D eigenvalue weighted by molar-refractivity contribution is -0.147. The molecule has 0 bridgehead atoms. The number of hydrogen-bond donors (Lipinski definition) is 2. The summed E-state index contributed by atoms with van der Waals surface area (Å²) in [5, 5.41) is 5.70. The number of benzene rings is 1. The number of carbonyl (C=O) groups is 5. The highest BCUT2D eigenvalue weighted by Gasteiger charge is 2.57. The van der Waals surface area contributed by atoms with Crippen LogP contribution in [0.1, 0.15) is 130 Å². The number of amides is 5. The zero-order chi connectivity index (χ0) is 36.8. The smallest absolute Gasteiger partial charge is 0.330 e. The van der Waals surface area contributed by atoms with E-state index in [0.717, 1.165) is 24.2 Å². The second-order valence-electron chi connectivity index (χ2n) is 14.4. The van der Waals surface area contributed by atoms with Crippen molar-refractivity contribution in [1.29, 1.82) is 0 Å². The Labute approximate surface area is 303 Å². The van der Waals surface area contributed by atoms with Crippen molar-refractivity contribution in [2.75, 3.05) is 31.4 Å². The van der Waals surface area contributed by atoms with E-state index in [1.54, 1.807) is 20.8 Å². The minimum atomic E-state index is -1.73. The first-order chi connectivity index (χ1) is 23.9. The zero-order valence-electron chi connectivity index (χ0n) is 31.0. The average molecular weight is 719 g/mol. The SMILES string of the molecule is CCCCCCCCCCCCCCCCOc1cc(Cl)c(NC(=O)C(C)C)cc1NC(=O)C(C(=O)C1(C)CC1)N1C(=O)C(OC)N(C)C1=O. The third kappa shape index (κ3) is 11.4. The van der Waals surface area contributed by atoms with Gasteiger partial charge in [0.15, 0.2) is 11.8 Å². The zero-order valence-corrected chi connectivity index (χ0v) is 31.8. The Bertz CT molecular complexity index is 1330. The van der Waals surface area contributed by atoms with Gasteiger partial charge in [0, 0.05) is 31.6 Å². The van der Waals surface area contributed by atoms with Crippen molar-refractivity contribution >= 4 is 52.5 Å². The Hall–Kier alpha value is -3.18. The van der Waals surface area contributed by atoms with Crippen LogP contribution in [0.3, 0.4) is 0 Å². The fourth-order valence-corrected chi connectivity index (χ4v) is 6.29. The number of anilines is 2. The molecule has 1 aromatic rings. The van der Waals surface area contributed by atoms with E-state index in [0.29, 0.717) is 24.3 Å². The first-order valence-corrected chi connectivity index (χ1v) is 19.0. The van der Waals surface area contributed by atoms with E-state index in [-0.39, 0.29) is 34.0 Å². The molecular weight excluding hydrogens is 660 g/mol. The van der Waals surface area contributed by atoms with Crippen molar-refractivity contribution in [3.63, 3.8) is 0 Å². The number of methoxy groups -OCH3 is 1. The molecule has 2 unspecified atom stereocenters. The van der Waals surface area contributed by atoms with Gasteiger partial charge >= 0.3 is 6.03 Å². The molecule has 2 atom stereocenters. The molecule has 2 fully saturated rings. The van der Waals surface area contributed by atoms with Crippen molar-refractivity contribution in [3.8, 4) is 5.75 Å². The molecule has 2 N–H and O–H groups in total. The summed E-state index contributed by atoms with van der Waals surface area (Å²) in [5.41, 5.74) is -0.442. The number of ether oxygens (including phenoxy) is 2. The van der Waals surface area contributed by atoms with E-state index in [2.05, 4.69) is 17.6 Å². The largest absolute Gasteiger partial charge is 0.491 e. The van der Waals surface area contributed by atoms with E-state index < -0.39 is 41.3 Å². The molecule has 1 heterocycles. The lowest BCUT2D eigenvalue weighted by Crippen LogP contribution is -2.54. The summed E-state index contributed by atoms with van der Waals surface area (Å²) in [6, 6.07) is 0.443. The second kappa shape index (κ2) is 20.0. The lowest BCUT2D eigenvalue weighted by atomic mass is 9.95. The van der Waals surface area contributed by atoms with Crippen molar-refractivity contribution in [2.45, 2.75) is 143 Å². The third-order valence-electron chi connectivity index (χ3n) is 9.75. The van der Waals surface area contributed by atoms with Crippen LogP contribution in [0.2, 0.25) is 5.02 Å². The normalized spacial score (nSPS) is 17.3. The second-order valence-corrected chi connectivity index (χ2v) is 14.8. The molecule has 1 saturated carbocycles. The molecule has 0 aromatic heterocycles. The van der Waals surface area contributed by atoms with Gasteiger partial charge in [-0.05, 0) is 25.3 Å². The Kier molecular flexibility index (Phi) is 16.5. The van der Waals surface area contributed by atoms with Crippen molar-refractivity contribution < 1.29 is 33.4 Å². The predicted octanol–water partition coefficient (Wildman–Crippen LogP) is 8.34. The van der Waals surface area contributed by atoms with Crippen molar-refractivity contribution in [1.82, 2.24) is 9.80 Å². The van der Waals surface area contributed by atoms with E-state index >= 15 is 0 Å². The first-order valence-electron chi connectivity index (χ1n) is 18.6. The van der Waals surface area contributed by atoms with Crippen molar-refractivity contribution in [2.24, 2.45) is 11.3 Å². The molecule has 11 nitrogen and oxygen atoms in total. The van der Waals surface area contributed by atoms with E-state index in [1.165, 1.54) is 96.9 Å².